The highest BCUT2D eigenvalue weighted by molar-refractivity contribution is 6.19. The van der Waals surface area contributed by atoms with Crippen molar-refractivity contribution in [2.45, 2.75) is 0 Å². The van der Waals surface area contributed by atoms with Crippen LogP contribution in [0.15, 0.2) is 24.3 Å². The Morgan fingerprint density at radius 3 is 2.85 bits per heavy atom. The average Bonchev–Trinajstić information content (AvgIpc) is 2.15. The highest BCUT2D eigenvalue weighted by atomic mass is 35.5. The van der Waals surface area contributed by atoms with E-state index < -0.39 is 0 Å². The molecule has 0 aliphatic rings. The second kappa shape index (κ2) is 4.67. The number of allylic oxidation sites excluding steroid dienone is 1. The van der Waals surface area contributed by atoms with Gasteiger partial charge in [0, 0.05) is 17.0 Å². The molecule has 0 saturated carbocycles. The van der Waals surface area contributed by atoms with Crippen LogP contribution in [0, 0.1) is 0 Å². The molecule has 0 amide bonds. The van der Waals surface area contributed by atoms with Crippen molar-refractivity contribution < 1.29 is 9.90 Å². The molecular weight excluding hydrogens is 188 g/mol. The lowest BCUT2D eigenvalue weighted by molar-refractivity contribution is 0.112. The molecule has 0 aliphatic heterocycles. The van der Waals surface area contributed by atoms with Crippen LogP contribution < -0.4 is 0 Å². The molecule has 0 heterocycles. The Labute approximate surface area is 81.5 Å². The van der Waals surface area contributed by atoms with Crippen LogP contribution in [-0.4, -0.2) is 17.3 Å². The Morgan fingerprint density at radius 1 is 1.46 bits per heavy atom. The van der Waals surface area contributed by atoms with Gasteiger partial charge in [-0.3, -0.25) is 4.79 Å². The predicted octanol–water partition coefficient (Wildman–Crippen LogP) is 2.46. The van der Waals surface area contributed by atoms with E-state index in [1.165, 1.54) is 6.07 Å². The number of aromatic hydroxyl groups is 1. The van der Waals surface area contributed by atoms with Crippen LogP contribution >= 0.6 is 11.6 Å². The summed E-state index contributed by atoms with van der Waals surface area (Å²) < 4.78 is 0. The van der Waals surface area contributed by atoms with E-state index in [-0.39, 0.29) is 5.75 Å². The fraction of sp³-hybridized carbons (Fsp3) is 0.100. The first-order valence-corrected chi connectivity index (χ1v) is 4.32. The minimum Gasteiger partial charge on any atom is -0.507 e. The van der Waals surface area contributed by atoms with E-state index in [1.807, 2.05) is 0 Å². The number of hydrogen-bond acceptors (Lipinski definition) is 2. The zero-order chi connectivity index (χ0) is 9.68. The Morgan fingerprint density at radius 2 is 2.23 bits per heavy atom. The molecule has 3 heteroatoms. The number of halogens is 1. The zero-order valence-electron chi connectivity index (χ0n) is 6.90. The normalized spacial score (nSPS) is 10.5. The van der Waals surface area contributed by atoms with Gasteiger partial charge >= 0.3 is 0 Å². The Balaban J connectivity index is 3.14. The van der Waals surface area contributed by atoms with Gasteiger partial charge in [0.15, 0.2) is 6.29 Å². The van der Waals surface area contributed by atoms with Crippen LogP contribution in [0.5, 0.6) is 5.75 Å². The number of alkyl halides is 1. The van der Waals surface area contributed by atoms with Crippen molar-refractivity contribution in [2.24, 2.45) is 0 Å². The Hall–Kier alpha value is -1.28. The molecule has 0 bridgehead atoms. The number of rotatable bonds is 3. The molecule has 2 nitrogen and oxygen atoms in total. The van der Waals surface area contributed by atoms with Gasteiger partial charge in [-0.1, -0.05) is 24.3 Å². The van der Waals surface area contributed by atoms with Crippen LogP contribution in [0.3, 0.4) is 0 Å². The summed E-state index contributed by atoms with van der Waals surface area (Å²) in [6.07, 6.45) is 4.00. The molecule has 0 radical (unpaired) electrons. The highest BCUT2D eigenvalue weighted by Crippen LogP contribution is 2.21. The quantitative estimate of drug-likeness (QED) is 0.596. The number of phenols is 1. The third kappa shape index (κ3) is 2.33. The van der Waals surface area contributed by atoms with Gasteiger partial charge in [-0.05, 0) is 6.07 Å². The fourth-order valence-electron chi connectivity index (χ4n) is 1.02. The number of carbonyl (C=O) groups excluding carboxylic acids is 1. The van der Waals surface area contributed by atoms with E-state index in [4.69, 9.17) is 11.6 Å². The highest BCUT2D eigenvalue weighted by Gasteiger charge is 2.02. The summed E-state index contributed by atoms with van der Waals surface area (Å²) in [4.78, 5) is 10.6. The molecule has 0 aliphatic carbocycles. The number of carbonyl (C=O) groups is 1. The molecule has 0 fully saturated rings. The topological polar surface area (TPSA) is 37.3 Å². The molecule has 0 spiro atoms. The molecule has 0 atom stereocenters. The van der Waals surface area contributed by atoms with Crippen molar-refractivity contribution in [3.05, 3.63) is 35.4 Å². The van der Waals surface area contributed by atoms with Crippen molar-refractivity contribution in [2.75, 3.05) is 5.88 Å². The van der Waals surface area contributed by atoms with E-state index in [1.54, 1.807) is 24.3 Å². The number of benzene rings is 1. The van der Waals surface area contributed by atoms with Gasteiger partial charge in [0.1, 0.15) is 5.75 Å². The Bertz CT molecular complexity index is 332. The summed E-state index contributed by atoms with van der Waals surface area (Å²) in [5.74, 6) is 0.443. The predicted molar refractivity (Wildman–Crippen MR) is 53.2 cm³/mol. The largest absolute Gasteiger partial charge is 0.507 e. The molecule has 1 rings (SSSR count). The van der Waals surface area contributed by atoms with Gasteiger partial charge in [-0.25, -0.2) is 0 Å². The molecule has 1 N–H and O–H groups in total. The number of aldehydes is 1. The van der Waals surface area contributed by atoms with Crippen molar-refractivity contribution in [1.82, 2.24) is 0 Å². The summed E-state index contributed by atoms with van der Waals surface area (Å²) in [6.45, 7) is 0. The van der Waals surface area contributed by atoms with E-state index >= 15 is 0 Å². The summed E-state index contributed by atoms with van der Waals surface area (Å²) in [5.41, 5.74) is 0.972. The maximum Gasteiger partial charge on any atom is 0.150 e. The smallest absolute Gasteiger partial charge is 0.150 e. The maximum atomic E-state index is 10.6. The first-order valence-electron chi connectivity index (χ1n) is 3.79. The minimum atomic E-state index is 0.0889. The first kappa shape index (κ1) is 9.81. The lowest BCUT2D eigenvalue weighted by atomic mass is 10.1. The molecule has 13 heavy (non-hydrogen) atoms. The monoisotopic (exact) mass is 196 g/mol. The summed E-state index contributed by atoms with van der Waals surface area (Å²) in [7, 11) is 0. The van der Waals surface area contributed by atoms with Crippen molar-refractivity contribution in [1.29, 1.82) is 0 Å². The van der Waals surface area contributed by atoms with Crippen LogP contribution in [0.25, 0.3) is 6.08 Å². The van der Waals surface area contributed by atoms with E-state index in [0.29, 0.717) is 23.3 Å². The SMILES string of the molecule is O=Cc1cccc(O)c1C=CCCl. The van der Waals surface area contributed by atoms with Crippen LogP contribution in [0.2, 0.25) is 0 Å². The zero-order valence-corrected chi connectivity index (χ0v) is 7.66. The molecule has 0 saturated heterocycles. The molecule has 0 unspecified atom stereocenters. The van der Waals surface area contributed by atoms with Gasteiger partial charge in [0.2, 0.25) is 0 Å². The lowest BCUT2D eigenvalue weighted by Gasteiger charge is -2.00. The van der Waals surface area contributed by atoms with Crippen molar-refractivity contribution >= 4 is 24.0 Å². The summed E-state index contributed by atoms with van der Waals surface area (Å²) in [6, 6.07) is 4.79. The third-order valence-electron chi connectivity index (χ3n) is 1.62. The molecule has 1 aromatic rings. The van der Waals surface area contributed by atoms with E-state index in [9.17, 15) is 9.90 Å². The van der Waals surface area contributed by atoms with Gasteiger partial charge in [0.25, 0.3) is 0 Å². The van der Waals surface area contributed by atoms with Gasteiger partial charge in [-0.2, -0.15) is 0 Å². The molecule has 68 valence electrons. The summed E-state index contributed by atoms with van der Waals surface area (Å²) in [5, 5.41) is 9.40. The Kier molecular flexibility index (Phi) is 3.53. The van der Waals surface area contributed by atoms with E-state index in [2.05, 4.69) is 0 Å². The number of hydrogen-bond donors (Lipinski definition) is 1. The standard InChI is InChI=1S/C10H9ClO2/c11-6-2-4-9-8(7-12)3-1-5-10(9)13/h1-5,7,13H,6H2. The number of phenolic OH excluding ortho intramolecular Hbond substituents is 1. The average molecular weight is 197 g/mol. The lowest BCUT2D eigenvalue weighted by Crippen LogP contribution is -1.85. The molecule has 0 aromatic heterocycles. The molecule has 1 aromatic carbocycles. The van der Waals surface area contributed by atoms with Crippen molar-refractivity contribution in [3.8, 4) is 5.75 Å². The maximum absolute atomic E-state index is 10.6. The van der Waals surface area contributed by atoms with Crippen LogP contribution in [-0.2, 0) is 0 Å². The second-order valence-electron chi connectivity index (χ2n) is 2.45. The molecular formula is C10H9ClO2. The van der Waals surface area contributed by atoms with E-state index in [0.717, 1.165) is 0 Å². The third-order valence-corrected chi connectivity index (χ3v) is 1.80. The van der Waals surface area contributed by atoms with Crippen LogP contribution in [0.4, 0.5) is 0 Å². The minimum absolute atomic E-state index is 0.0889. The summed E-state index contributed by atoms with van der Waals surface area (Å²) >= 11 is 5.44. The second-order valence-corrected chi connectivity index (χ2v) is 2.76. The van der Waals surface area contributed by atoms with Crippen LogP contribution in [0.1, 0.15) is 15.9 Å². The fourth-order valence-corrected chi connectivity index (χ4v) is 1.11. The van der Waals surface area contributed by atoms with Gasteiger partial charge in [0.05, 0.1) is 0 Å². The van der Waals surface area contributed by atoms with Crippen molar-refractivity contribution in [3.63, 3.8) is 0 Å². The first-order chi connectivity index (χ1) is 6.29. The van der Waals surface area contributed by atoms with Gasteiger partial charge in [-0.15, -0.1) is 11.6 Å². The van der Waals surface area contributed by atoms with Gasteiger partial charge < -0.3 is 5.11 Å².